The van der Waals surface area contributed by atoms with E-state index in [1.54, 1.807) is 0 Å². The maximum absolute atomic E-state index is 5.13. The van der Waals surface area contributed by atoms with Crippen molar-refractivity contribution in [3.63, 3.8) is 0 Å². The summed E-state index contributed by atoms with van der Waals surface area (Å²) < 4.78 is 0. The van der Waals surface area contributed by atoms with E-state index in [0.29, 0.717) is 35.8 Å². The second kappa shape index (κ2) is 20.9. The molecule has 2 aromatic carbocycles. The molecule has 244 valence electrons. The molecule has 2 aromatic rings. The molecule has 0 aliphatic heterocycles. The molecule has 1 N–H and O–H groups in total. The van der Waals surface area contributed by atoms with Crippen LogP contribution in [0.4, 0.5) is 0 Å². The fraction of sp³-hybridized carbons (Fsp3) is 0.650. The first-order valence-corrected chi connectivity index (χ1v) is 17.2. The molecule has 0 aromatic heterocycles. The molecule has 0 saturated heterocycles. The minimum atomic E-state index is 0. The Morgan fingerprint density at radius 2 is 0.705 bits per heavy atom. The predicted octanol–water partition coefficient (Wildman–Crippen LogP) is 10.2. The topological polar surface area (TPSA) is 40.2 Å². The first-order valence-electron chi connectivity index (χ1n) is 17.2. The smallest absolute Gasteiger partial charge is 0.658 e. The molecule has 0 unspecified atom stereocenters. The second-order valence-corrected chi connectivity index (χ2v) is 14.1. The number of nitrogens with one attached hydrogen (secondary N) is 1. The van der Waals surface area contributed by atoms with Crippen molar-refractivity contribution in [1.29, 1.82) is 0 Å². The van der Waals surface area contributed by atoms with Crippen molar-refractivity contribution in [3.8, 4) is 0 Å². The molecule has 2 saturated carbocycles. The summed E-state index contributed by atoms with van der Waals surface area (Å²) in [6, 6.07) is 20.8. The van der Waals surface area contributed by atoms with Crippen molar-refractivity contribution in [2.24, 2.45) is 59.2 Å². The Bertz CT molecular complexity index is 873. The maximum Gasteiger partial charge on any atom is 4.00 e. The van der Waals surface area contributed by atoms with E-state index in [1.165, 1.54) is 0 Å². The summed E-state index contributed by atoms with van der Waals surface area (Å²) in [5.41, 5.74) is 2.14. The van der Waals surface area contributed by atoms with E-state index in [9.17, 15) is 0 Å². The molecule has 2 aliphatic rings. The average molecular weight is 679 g/mol. The Morgan fingerprint density at radius 1 is 0.455 bits per heavy atom. The summed E-state index contributed by atoms with van der Waals surface area (Å²) in [6.45, 7) is 35.5. The number of benzene rings is 2. The molecule has 4 rings (SSSR count). The van der Waals surface area contributed by atoms with Crippen LogP contribution in [-0.4, -0.2) is 38.3 Å². The van der Waals surface area contributed by atoms with Gasteiger partial charge in [0.2, 0.25) is 0 Å². The van der Waals surface area contributed by atoms with Gasteiger partial charge in [0.25, 0.3) is 0 Å². The Labute approximate surface area is 293 Å². The van der Waals surface area contributed by atoms with E-state index in [4.69, 9.17) is 10.6 Å². The van der Waals surface area contributed by atoms with Gasteiger partial charge in [0, 0.05) is 0 Å². The Kier molecular flexibility index (Phi) is 19.5. The summed E-state index contributed by atoms with van der Waals surface area (Å²) in [5, 5.41) is 13.9. The Balaban J connectivity index is 0.000000523. The summed E-state index contributed by atoms with van der Waals surface area (Å²) in [6.07, 6.45) is 0. The van der Waals surface area contributed by atoms with Crippen molar-refractivity contribution in [2.45, 2.75) is 81.3 Å². The van der Waals surface area contributed by atoms with Crippen LogP contribution in [0.1, 0.15) is 80.4 Å². The summed E-state index contributed by atoms with van der Waals surface area (Å²) >= 11 is 0. The molecule has 3 nitrogen and oxygen atoms in total. The molecule has 4 heteroatoms. The number of nitrogens with zero attached hydrogens (tertiary/aromatic N) is 2. The van der Waals surface area contributed by atoms with E-state index >= 15 is 0 Å². The predicted molar refractivity (Wildman–Crippen MR) is 190 cm³/mol. The minimum absolute atomic E-state index is 0. The molecule has 44 heavy (non-hydrogen) atoms. The molecule has 0 bridgehead atoms. The van der Waals surface area contributed by atoms with Gasteiger partial charge in [0.15, 0.2) is 0 Å². The SMILES string of the molecule is CC1[C@@H](C)[C@@H](C)C([N-]CCNCC[N-]C2[C@@H](C)[C@@H](C)C(C)[C@H](C)[C@@H]2C)[C@H](C)[C@@H]1C.[CH2-]c1ccccc1.[CH2-]c1ccccc1.[Zr+4]. The van der Waals surface area contributed by atoms with Gasteiger partial charge in [-0.05, 0) is 48.6 Å². The molecule has 8 atom stereocenters. The molecular formula is C40H65N3Zr. The van der Waals surface area contributed by atoms with Crippen LogP contribution in [0, 0.1) is 73.0 Å². The standard InChI is InChI=1S/C26H51N3.2C7H7.Zr/c1-15-17(3)21(7)25(22(8)18(15)4)28-13-11-27-12-14-29-26-23(9)19(5)16(2)20(6)24(26)10;2*1-7-5-3-2-4-6-7;/h15-27H,11-14H2,1-10H3;2*2-6H,1H2;/q-2;2*-1;+4/t15?,16?,17-,18-,19+,20+,21-,22-,23+,24+,25?,26?;;;. The van der Waals surface area contributed by atoms with Crippen LogP contribution in [0.3, 0.4) is 0 Å². The van der Waals surface area contributed by atoms with E-state index < -0.39 is 0 Å². The van der Waals surface area contributed by atoms with Gasteiger partial charge < -0.3 is 16.0 Å². The summed E-state index contributed by atoms with van der Waals surface area (Å²) in [7, 11) is 0. The van der Waals surface area contributed by atoms with Crippen LogP contribution < -0.4 is 5.32 Å². The molecule has 0 spiro atoms. The molecule has 2 aliphatic carbocycles. The summed E-state index contributed by atoms with van der Waals surface area (Å²) in [4.78, 5) is 0. The van der Waals surface area contributed by atoms with Crippen LogP contribution >= 0.6 is 0 Å². The van der Waals surface area contributed by atoms with Crippen molar-refractivity contribution >= 4 is 0 Å². The van der Waals surface area contributed by atoms with Gasteiger partial charge in [-0.3, -0.25) is 0 Å². The van der Waals surface area contributed by atoms with Crippen LogP contribution in [0.25, 0.3) is 10.6 Å². The minimum Gasteiger partial charge on any atom is -0.658 e. The van der Waals surface area contributed by atoms with Crippen molar-refractivity contribution in [1.82, 2.24) is 5.32 Å². The van der Waals surface area contributed by atoms with Gasteiger partial charge >= 0.3 is 26.2 Å². The molecular weight excluding hydrogens is 614 g/mol. The van der Waals surface area contributed by atoms with Crippen LogP contribution in [0.2, 0.25) is 0 Å². The van der Waals surface area contributed by atoms with Crippen LogP contribution in [0.5, 0.6) is 0 Å². The van der Waals surface area contributed by atoms with E-state index in [-0.39, 0.29) is 26.2 Å². The maximum atomic E-state index is 5.13. The van der Waals surface area contributed by atoms with E-state index in [1.807, 2.05) is 60.7 Å². The van der Waals surface area contributed by atoms with Gasteiger partial charge in [0.1, 0.15) is 0 Å². The average Bonchev–Trinajstić information content (AvgIpc) is 3.01. The third-order valence-corrected chi connectivity index (χ3v) is 11.7. The van der Waals surface area contributed by atoms with Gasteiger partial charge in [-0.1, -0.05) is 105 Å². The Hall–Kier alpha value is -1.06. The number of rotatable bonds is 8. The third kappa shape index (κ3) is 12.3. The van der Waals surface area contributed by atoms with Crippen molar-refractivity contribution < 1.29 is 26.2 Å². The fourth-order valence-electron chi connectivity index (χ4n) is 7.41. The largest absolute Gasteiger partial charge is 4.00 e. The van der Waals surface area contributed by atoms with Crippen LogP contribution in [0.15, 0.2) is 60.7 Å². The summed E-state index contributed by atoms with van der Waals surface area (Å²) in [5.74, 6) is 7.51. The second-order valence-electron chi connectivity index (χ2n) is 14.1. The van der Waals surface area contributed by atoms with Gasteiger partial charge in [-0.25, -0.2) is 0 Å². The quantitative estimate of drug-likeness (QED) is 0.219. The Morgan fingerprint density at radius 3 is 0.932 bits per heavy atom. The monoisotopic (exact) mass is 677 g/mol. The third-order valence-electron chi connectivity index (χ3n) is 11.7. The zero-order valence-corrected chi connectivity index (χ0v) is 32.3. The molecule has 0 amide bonds. The number of hydrogen-bond donors (Lipinski definition) is 1. The van der Waals surface area contributed by atoms with Crippen molar-refractivity contribution in [3.05, 3.63) is 96.3 Å². The van der Waals surface area contributed by atoms with Gasteiger partial charge in [-0.2, -0.15) is 49.2 Å². The fourth-order valence-corrected chi connectivity index (χ4v) is 7.41. The normalized spacial score (nSPS) is 34.8. The first kappa shape index (κ1) is 41.0. The molecule has 0 radical (unpaired) electrons. The van der Waals surface area contributed by atoms with Crippen LogP contribution in [-0.2, 0) is 26.2 Å². The van der Waals surface area contributed by atoms with Crippen molar-refractivity contribution in [2.75, 3.05) is 26.2 Å². The zero-order valence-electron chi connectivity index (χ0n) is 29.8. The molecule has 0 heterocycles. The van der Waals surface area contributed by atoms with E-state index in [0.717, 1.165) is 72.8 Å². The van der Waals surface area contributed by atoms with E-state index in [2.05, 4.69) is 88.4 Å². The number of hydrogen-bond acceptors (Lipinski definition) is 1. The van der Waals surface area contributed by atoms with Gasteiger partial charge in [0.05, 0.1) is 0 Å². The first-order chi connectivity index (χ1) is 20.4. The zero-order chi connectivity index (χ0) is 32.1. The van der Waals surface area contributed by atoms with Gasteiger partial charge in [-0.15, -0.1) is 49.4 Å². The molecule has 2 fully saturated rings.